The van der Waals surface area contributed by atoms with Gasteiger partial charge in [0.25, 0.3) is 0 Å². The third-order valence-corrected chi connectivity index (χ3v) is 5.63. The second kappa shape index (κ2) is 11.6. The lowest BCUT2D eigenvalue weighted by Crippen LogP contribution is -2.51. The van der Waals surface area contributed by atoms with Gasteiger partial charge in [0.1, 0.15) is 11.9 Å². The van der Waals surface area contributed by atoms with E-state index >= 15 is 0 Å². The third-order valence-electron chi connectivity index (χ3n) is 5.37. The predicted molar refractivity (Wildman–Crippen MR) is 129 cm³/mol. The fourth-order valence-corrected chi connectivity index (χ4v) is 3.68. The molecule has 0 saturated carbocycles. The van der Waals surface area contributed by atoms with Crippen molar-refractivity contribution in [3.05, 3.63) is 106 Å². The molecule has 1 atom stereocenters. The Kier molecular flexibility index (Phi) is 8.61. The zero-order valence-corrected chi connectivity index (χ0v) is 19.6. The van der Waals surface area contributed by atoms with E-state index in [4.69, 9.17) is 11.6 Å². The van der Waals surface area contributed by atoms with Crippen LogP contribution < -0.4 is 5.32 Å². The second-order valence-corrected chi connectivity index (χ2v) is 8.73. The van der Waals surface area contributed by atoms with Crippen molar-refractivity contribution in [2.24, 2.45) is 5.92 Å². The number of hydrogen-bond donors (Lipinski definition) is 1. The van der Waals surface area contributed by atoms with Crippen molar-refractivity contribution in [2.75, 3.05) is 0 Å². The third kappa shape index (κ3) is 7.16. The number of hydrogen-bond acceptors (Lipinski definition) is 2. The van der Waals surface area contributed by atoms with Gasteiger partial charge in [-0.05, 0) is 41.0 Å². The number of amides is 2. The summed E-state index contributed by atoms with van der Waals surface area (Å²) >= 11 is 5.95. The lowest BCUT2D eigenvalue weighted by Gasteiger charge is -2.33. The topological polar surface area (TPSA) is 49.4 Å². The number of nitrogens with zero attached hydrogens (tertiary/aromatic N) is 1. The standard InChI is InChI=1S/C27H28ClFN2O2/c1-19(2)27(33)31(18-22-10-14-24(29)15-11-22)25(16-20-6-4-3-5-7-20)26(32)30-17-21-8-12-23(28)13-9-21/h3-15,19,25H,16-18H2,1-2H3,(H,30,32)/t25-/m1/s1. The van der Waals surface area contributed by atoms with Gasteiger partial charge in [-0.25, -0.2) is 4.39 Å². The molecule has 172 valence electrons. The molecule has 0 bridgehead atoms. The maximum atomic E-state index is 13.4. The monoisotopic (exact) mass is 466 g/mol. The Bertz CT molecular complexity index is 1050. The fraction of sp³-hybridized carbons (Fsp3) is 0.259. The molecule has 0 aliphatic carbocycles. The van der Waals surface area contributed by atoms with Gasteiger partial charge >= 0.3 is 0 Å². The lowest BCUT2D eigenvalue weighted by atomic mass is 10.0. The fourth-order valence-electron chi connectivity index (χ4n) is 3.55. The first-order chi connectivity index (χ1) is 15.8. The molecule has 0 aromatic heterocycles. The SMILES string of the molecule is CC(C)C(=O)N(Cc1ccc(F)cc1)[C@H](Cc1ccccc1)C(=O)NCc1ccc(Cl)cc1. The van der Waals surface area contributed by atoms with E-state index in [0.29, 0.717) is 18.0 Å². The maximum absolute atomic E-state index is 13.4. The van der Waals surface area contributed by atoms with Crippen LogP contribution in [0, 0.1) is 11.7 Å². The highest BCUT2D eigenvalue weighted by molar-refractivity contribution is 6.30. The Morgan fingerprint density at radius 2 is 1.48 bits per heavy atom. The van der Waals surface area contributed by atoms with Gasteiger partial charge in [0.05, 0.1) is 0 Å². The molecule has 2 amide bonds. The van der Waals surface area contributed by atoms with Gasteiger partial charge in [0.2, 0.25) is 11.8 Å². The molecule has 0 fully saturated rings. The van der Waals surface area contributed by atoms with Crippen molar-refractivity contribution >= 4 is 23.4 Å². The van der Waals surface area contributed by atoms with Crippen LogP contribution in [0.25, 0.3) is 0 Å². The van der Waals surface area contributed by atoms with E-state index in [1.165, 1.54) is 12.1 Å². The number of carbonyl (C=O) groups is 2. The van der Waals surface area contributed by atoms with Crippen molar-refractivity contribution in [1.82, 2.24) is 10.2 Å². The molecule has 3 aromatic rings. The van der Waals surface area contributed by atoms with Gasteiger partial charge in [-0.15, -0.1) is 0 Å². The van der Waals surface area contributed by atoms with E-state index in [2.05, 4.69) is 5.32 Å². The van der Waals surface area contributed by atoms with Crippen LogP contribution in [0.2, 0.25) is 5.02 Å². The quantitative estimate of drug-likeness (QED) is 0.459. The Balaban J connectivity index is 1.88. The van der Waals surface area contributed by atoms with Gasteiger partial charge in [-0.2, -0.15) is 0 Å². The van der Waals surface area contributed by atoms with Crippen molar-refractivity contribution in [3.63, 3.8) is 0 Å². The minimum atomic E-state index is -0.723. The lowest BCUT2D eigenvalue weighted by molar-refractivity contribution is -0.143. The van der Waals surface area contributed by atoms with Gasteiger partial charge in [-0.1, -0.05) is 80.0 Å². The Morgan fingerprint density at radius 1 is 0.879 bits per heavy atom. The van der Waals surface area contributed by atoms with E-state index < -0.39 is 6.04 Å². The average Bonchev–Trinajstić information content (AvgIpc) is 2.82. The smallest absolute Gasteiger partial charge is 0.243 e. The highest BCUT2D eigenvalue weighted by Crippen LogP contribution is 2.18. The average molecular weight is 467 g/mol. The molecule has 0 radical (unpaired) electrons. The van der Waals surface area contributed by atoms with Crippen molar-refractivity contribution < 1.29 is 14.0 Å². The summed E-state index contributed by atoms with van der Waals surface area (Å²) in [5, 5.41) is 3.60. The molecule has 1 N–H and O–H groups in total. The Labute approximate surface area is 199 Å². The summed E-state index contributed by atoms with van der Waals surface area (Å²) in [6.45, 7) is 4.15. The molecule has 0 aliphatic rings. The molecule has 6 heteroatoms. The van der Waals surface area contributed by atoms with Crippen molar-refractivity contribution in [3.8, 4) is 0 Å². The van der Waals surface area contributed by atoms with Gasteiger partial charge in [-0.3, -0.25) is 9.59 Å². The molecule has 4 nitrogen and oxygen atoms in total. The van der Waals surface area contributed by atoms with E-state index in [1.807, 2.05) is 56.3 Å². The van der Waals surface area contributed by atoms with Crippen LogP contribution in [0.4, 0.5) is 4.39 Å². The summed E-state index contributed by atoms with van der Waals surface area (Å²) in [7, 11) is 0. The largest absolute Gasteiger partial charge is 0.350 e. The van der Waals surface area contributed by atoms with Crippen molar-refractivity contribution in [1.29, 1.82) is 0 Å². The minimum Gasteiger partial charge on any atom is -0.350 e. The maximum Gasteiger partial charge on any atom is 0.243 e. The number of halogens is 2. The van der Waals surface area contributed by atoms with Gasteiger partial charge in [0, 0.05) is 30.5 Å². The minimum absolute atomic E-state index is 0.137. The van der Waals surface area contributed by atoms with Crippen LogP contribution in [-0.2, 0) is 29.1 Å². The van der Waals surface area contributed by atoms with Gasteiger partial charge in [0.15, 0.2) is 0 Å². The summed E-state index contributed by atoms with van der Waals surface area (Å²) in [6.07, 6.45) is 0.368. The molecule has 0 saturated heterocycles. The highest BCUT2D eigenvalue weighted by atomic mass is 35.5. The first-order valence-electron chi connectivity index (χ1n) is 10.9. The summed E-state index contributed by atoms with van der Waals surface area (Å²) in [6, 6.07) is 22.1. The summed E-state index contributed by atoms with van der Waals surface area (Å²) in [5.74, 6) is -1.03. The molecule has 0 spiro atoms. The number of benzene rings is 3. The molecular weight excluding hydrogens is 439 g/mol. The van der Waals surface area contributed by atoms with Crippen LogP contribution in [0.15, 0.2) is 78.9 Å². The molecule has 0 aliphatic heterocycles. The van der Waals surface area contributed by atoms with Crippen LogP contribution >= 0.6 is 11.6 Å². The second-order valence-electron chi connectivity index (χ2n) is 8.30. The van der Waals surface area contributed by atoms with E-state index in [0.717, 1.165) is 16.7 Å². The zero-order valence-electron chi connectivity index (χ0n) is 18.8. The molecule has 3 aromatic carbocycles. The molecule has 3 rings (SSSR count). The normalized spacial score (nSPS) is 11.8. The number of rotatable bonds is 9. The summed E-state index contributed by atoms with van der Waals surface area (Å²) < 4.78 is 13.4. The van der Waals surface area contributed by atoms with E-state index in [1.54, 1.807) is 29.2 Å². The van der Waals surface area contributed by atoms with E-state index in [-0.39, 0.29) is 30.1 Å². The van der Waals surface area contributed by atoms with Crippen LogP contribution in [0.5, 0.6) is 0 Å². The first-order valence-corrected chi connectivity index (χ1v) is 11.3. The summed E-state index contributed by atoms with van der Waals surface area (Å²) in [5.41, 5.74) is 2.62. The molecule has 33 heavy (non-hydrogen) atoms. The number of nitrogens with one attached hydrogen (secondary N) is 1. The summed E-state index contributed by atoms with van der Waals surface area (Å²) in [4.78, 5) is 28.2. The molecule has 0 heterocycles. The predicted octanol–water partition coefficient (Wildman–Crippen LogP) is 5.39. The van der Waals surface area contributed by atoms with Crippen LogP contribution in [0.1, 0.15) is 30.5 Å². The Hall–Kier alpha value is -3.18. The molecular formula is C27H28ClFN2O2. The van der Waals surface area contributed by atoms with E-state index in [9.17, 15) is 14.0 Å². The zero-order chi connectivity index (χ0) is 23.8. The first kappa shape index (κ1) is 24.5. The number of carbonyl (C=O) groups excluding carboxylic acids is 2. The van der Waals surface area contributed by atoms with Crippen molar-refractivity contribution in [2.45, 2.75) is 39.4 Å². The van der Waals surface area contributed by atoms with Crippen LogP contribution in [-0.4, -0.2) is 22.8 Å². The van der Waals surface area contributed by atoms with Gasteiger partial charge < -0.3 is 10.2 Å². The van der Waals surface area contributed by atoms with Crippen LogP contribution in [0.3, 0.4) is 0 Å². The Morgan fingerprint density at radius 3 is 2.09 bits per heavy atom. The highest BCUT2D eigenvalue weighted by Gasteiger charge is 2.31. The molecule has 0 unspecified atom stereocenters.